The third-order valence-electron chi connectivity index (χ3n) is 1.97. The van der Waals surface area contributed by atoms with Gasteiger partial charge in [-0.25, -0.2) is 4.68 Å². The molecule has 1 aromatic carbocycles. The molecule has 2 nitrogen and oxygen atoms in total. The highest BCUT2D eigenvalue weighted by molar-refractivity contribution is 7.99. The van der Waals surface area contributed by atoms with Gasteiger partial charge >= 0.3 is 0 Å². The van der Waals surface area contributed by atoms with Crippen molar-refractivity contribution in [2.45, 2.75) is 4.90 Å². The summed E-state index contributed by atoms with van der Waals surface area (Å²) in [6.07, 6.45) is 5.65. The number of hydrogen-bond acceptors (Lipinski definition) is 2. The minimum atomic E-state index is 0.915. The van der Waals surface area contributed by atoms with Gasteiger partial charge in [0.1, 0.15) is 0 Å². The van der Waals surface area contributed by atoms with Crippen LogP contribution in [0.3, 0.4) is 0 Å². The van der Waals surface area contributed by atoms with Crippen molar-refractivity contribution in [2.75, 3.05) is 5.75 Å². The molecule has 2 aromatic rings. The van der Waals surface area contributed by atoms with Crippen molar-refractivity contribution in [3.8, 4) is 5.69 Å². The van der Waals surface area contributed by atoms with Gasteiger partial charge in [-0.3, -0.25) is 0 Å². The van der Waals surface area contributed by atoms with E-state index in [2.05, 4.69) is 23.8 Å². The van der Waals surface area contributed by atoms with Gasteiger partial charge in [-0.05, 0) is 18.2 Å². The third-order valence-corrected chi connectivity index (χ3v) is 3.03. The molecule has 0 unspecified atom stereocenters. The number of aromatic nitrogens is 2. The van der Waals surface area contributed by atoms with Crippen LogP contribution in [0.15, 0.2) is 60.3 Å². The zero-order valence-corrected chi connectivity index (χ0v) is 9.15. The first-order valence-electron chi connectivity index (χ1n) is 4.74. The monoisotopic (exact) mass is 216 g/mol. The molecule has 76 valence electrons. The third kappa shape index (κ3) is 2.30. The van der Waals surface area contributed by atoms with E-state index in [0.29, 0.717) is 0 Å². The SMILES string of the molecule is C=CCSc1ccccc1-n1cccn1. The highest BCUT2D eigenvalue weighted by Gasteiger charge is 2.02. The predicted octanol–water partition coefficient (Wildman–Crippen LogP) is 3.15. The molecular weight excluding hydrogens is 204 g/mol. The number of thioether (sulfide) groups is 1. The predicted molar refractivity (Wildman–Crippen MR) is 64.5 cm³/mol. The average Bonchev–Trinajstić information content (AvgIpc) is 2.80. The van der Waals surface area contributed by atoms with Gasteiger partial charge in [0.25, 0.3) is 0 Å². The van der Waals surface area contributed by atoms with Crippen LogP contribution in [0.1, 0.15) is 0 Å². The van der Waals surface area contributed by atoms with Gasteiger partial charge in [-0.2, -0.15) is 5.10 Å². The molecule has 0 saturated carbocycles. The van der Waals surface area contributed by atoms with Crippen molar-refractivity contribution in [3.05, 3.63) is 55.4 Å². The lowest BCUT2D eigenvalue weighted by molar-refractivity contribution is 0.862. The fourth-order valence-electron chi connectivity index (χ4n) is 1.33. The standard InChI is InChI=1S/C12H12N2S/c1-2-10-15-12-7-4-3-6-11(12)14-9-5-8-13-14/h2-9H,1,10H2. The maximum absolute atomic E-state index is 4.23. The molecule has 0 N–H and O–H groups in total. The van der Waals surface area contributed by atoms with Crippen molar-refractivity contribution in [2.24, 2.45) is 0 Å². The van der Waals surface area contributed by atoms with Gasteiger partial charge in [-0.15, -0.1) is 18.3 Å². The number of nitrogens with zero attached hydrogens (tertiary/aromatic N) is 2. The fourth-order valence-corrected chi connectivity index (χ4v) is 2.11. The Morgan fingerprint density at radius 3 is 2.93 bits per heavy atom. The molecule has 0 radical (unpaired) electrons. The molecule has 0 amide bonds. The second-order valence-electron chi connectivity index (χ2n) is 3.02. The minimum Gasteiger partial charge on any atom is -0.240 e. The zero-order chi connectivity index (χ0) is 10.5. The van der Waals surface area contributed by atoms with Crippen LogP contribution >= 0.6 is 11.8 Å². The van der Waals surface area contributed by atoms with Crippen LogP contribution in [0.25, 0.3) is 5.69 Å². The van der Waals surface area contributed by atoms with Crippen molar-refractivity contribution >= 4 is 11.8 Å². The summed E-state index contributed by atoms with van der Waals surface area (Å²) < 4.78 is 1.88. The summed E-state index contributed by atoms with van der Waals surface area (Å²) in [7, 11) is 0. The molecule has 0 spiro atoms. The number of rotatable bonds is 4. The first kappa shape index (κ1) is 10.1. The van der Waals surface area contributed by atoms with E-state index in [0.717, 1.165) is 11.4 Å². The summed E-state index contributed by atoms with van der Waals surface area (Å²) >= 11 is 1.77. The lowest BCUT2D eigenvalue weighted by atomic mass is 10.3. The van der Waals surface area contributed by atoms with Crippen molar-refractivity contribution in [1.29, 1.82) is 0 Å². The van der Waals surface area contributed by atoms with Crippen molar-refractivity contribution in [3.63, 3.8) is 0 Å². The smallest absolute Gasteiger partial charge is 0.0781 e. The van der Waals surface area contributed by atoms with Crippen LogP contribution in [0, 0.1) is 0 Å². The van der Waals surface area contributed by atoms with Gasteiger partial charge in [0.05, 0.1) is 5.69 Å². The largest absolute Gasteiger partial charge is 0.240 e. The Balaban J connectivity index is 2.34. The van der Waals surface area contributed by atoms with Crippen molar-refractivity contribution < 1.29 is 0 Å². The Kier molecular flexibility index (Phi) is 3.25. The summed E-state index contributed by atoms with van der Waals surface area (Å²) in [4.78, 5) is 1.22. The van der Waals surface area contributed by atoms with E-state index in [1.54, 1.807) is 18.0 Å². The quantitative estimate of drug-likeness (QED) is 0.577. The fraction of sp³-hybridized carbons (Fsp3) is 0.0833. The Morgan fingerprint density at radius 2 is 2.20 bits per heavy atom. The second kappa shape index (κ2) is 4.84. The lowest BCUT2D eigenvalue weighted by Gasteiger charge is -2.07. The van der Waals surface area contributed by atoms with Gasteiger partial charge in [0.2, 0.25) is 0 Å². The lowest BCUT2D eigenvalue weighted by Crippen LogP contribution is -1.96. The Labute approximate surface area is 93.6 Å². The summed E-state index contributed by atoms with van der Waals surface area (Å²) in [6, 6.07) is 10.2. The summed E-state index contributed by atoms with van der Waals surface area (Å²) in [5, 5.41) is 4.23. The molecule has 2 rings (SSSR count). The summed E-state index contributed by atoms with van der Waals surface area (Å²) in [6.45, 7) is 3.72. The van der Waals surface area contributed by atoms with Gasteiger partial charge in [0, 0.05) is 23.0 Å². The molecular formula is C12H12N2S. The Bertz CT molecular complexity index is 435. The molecule has 1 heterocycles. The van der Waals surface area contributed by atoms with Gasteiger partial charge < -0.3 is 0 Å². The Morgan fingerprint density at radius 1 is 1.33 bits per heavy atom. The van der Waals surface area contributed by atoms with E-state index in [9.17, 15) is 0 Å². The molecule has 0 bridgehead atoms. The molecule has 0 aliphatic rings. The van der Waals surface area contributed by atoms with E-state index >= 15 is 0 Å². The van der Waals surface area contributed by atoms with E-state index in [1.807, 2.05) is 35.2 Å². The molecule has 0 aliphatic heterocycles. The van der Waals surface area contributed by atoms with E-state index in [-0.39, 0.29) is 0 Å². The van der Waals surface area contributed by atoms with Crippen LogP contribution in [0.4, 0.5) is 0 Å². The van der Waals surface area contributed by atoms with Gasteiger partial charge in [-0.1, -0.05) is 18.2 Å². The van der Waals surface area contributed by atoms with Crippen LogP contribution in [0.5, 0.6) is 0 Å². The normalized spacial score (nSPS) is 10.1. The number of para-hydroxylation sites is 1. The highest BCUT2D eigenvalue weighted by atomic mass is 32.2. The molecule has 0 fully saturated rings. The van der Waals surface area contributed by atoms with Crippen LogP contribution in [-0.2, 0) is 0 Å². The first-order chi connectivity index (χ1) is 7.42. The Hall–Kier alpha value is -1.48. The first-order valence-corrected chi connectivity index (χ1v) is 5.73. The minimum absolute atomic E-state index is 0.915. The molecule has 0 atom stereocenters. The molecule has 1 aromatic heterocycles. The molecule has 15 heavy (non-hydrogen) atoms. The number of hydrogen-bond donors (Lipinski definition) is 0. The zero-order valence-electron chi connectivity index (χ0n) is 8.34. The average molecular weight is 216 g/mol. The maximum Gasteiger partial charge on any atom is 0.0781 e. The van der Waals surface area contributed by atoms with Gasteiger partial charge in [0.15, 0.2) is 0 Å². The van der Waals surface area contributed by atoms with Crippen LogP contribution < -0.4 is 0 Å². The maximum atomic E-state index is 4.23. The molecule has 0 aliphatic carbocycles. The van der Waals surface area contributed by atoms with Crippen molar-refractivity contribution in [1.82, 2.24) is 9.78 Å². The van der Waals surface area contributed by atoms with E-state index in [1.165, 1.54) is 4.90 Å². The highest BCUT2D eigenvalue weighted by Crippen LogP contribution is 2.24. The van der Waals surface area contributed by atoms with Crippen LogP contribution in [0.2, 0.25) is 0 Å². The summed E-state index contributed by atoms with van der Waals surface area (Å²) in [5.74, 6) is 0.915. The molecule has 0 saturated heterocycles. The van der Waals surface area contributed by atoms with Crippen LogP contribution in [-0.4, -0.2) is 15.5 Å². The summed E-state index contributed by atoms with van der Waals surface area (Å²) in [5.41, 5.74) is 1.12. The topological polar surface area (TPSA) is 17.8 Å². The molecule has 3 heteroatoms. The van der Waals surface area contributed by atoms with E-state index in [4.69, 9.17) is 0 Å². The van der Waals surface area contributed by atoms with E-state index < -0.39 is 0 Å². The number of benzene rings is 1. The second-order valence-corrected chi connectivity index (χ2v) is 4.08.